The number of ketones is 1. The van der Waals surface area contributed by atoms with E-state index in [-0.39, 0.29) is 12.2 Å². The number of aromatic amines is 1. The summed E-state index contributed by atoms with van der Waals surface area (Å²) < 4.78 is 7.56. The van der Waals surface area contributed by atoms with Gasteiger partial charge in [-0.05, 0) is 57.9 Å². The number of fused-ring (bicyclic) bond motifs is 2. The molecule has 9 heteroatoms. The number of benzene rings is 1. The Labute approximate surface area is 207 Å². The lowest BCUT2D eigenvalue weighted by Crippen LogP contribution is -2.37. The normalized spacial score (nSPS) is 16.1. The van der Waals surface area contributed by atoms with Gasteiger partial charge in [0.2, 0.25) is 0 Å². The third-order valence-electron chi connectivity index (χ3n) is 6.69. The van der Waals surface area contributed by atoms with Gasteiger partial charge in [0.05, 0.1) is 25.5 Å². The minimum absolute atomic E-state index is 0.137. The summed E-state index contributed by atoms with van der Waals surface area (Å²) in [4.78, 5) is 32.2. The number of carboxylic acids is 1. The summed E-state index contributed by atoms with van der Waals surface area (Å²) in [6, 6.07) is 6.03. The van der Waals surface area contributed by atoms with Gasteiger partial charge in [-0.25, -0.2) is 9.55 Å². The monoisotopic (exact) mass is 500 g/mol. The molecule has 1 aromatic carbocycles. The van der Waals surface area contributed by atoms with Gasteiger partial charge in [0.25, 0.3) is 0 Å². The number of hydrogen-bond donors (Lipinski definition) is 2. The van der Waals surface area contributed by atoms with Crippen molar-refractivity contribution in [2.24, 2.45) is 0 Å². The summed E-state index contributed by atoms with van der Waals surface area (Å²) in [6.45, 7) is 9.97. The highest BCUT2D eigenvalue weighted by atomic mass is 33.1. The van der Waals surface area contributed by atoms with Crippen LogP contribution >= 0.6 is 21.6 Å². The topological polar surface area (TPSA) is 96.2 Å². The van der Waals surface area contributed by atoms with Crippen LogP contribution in [0.2, 0.25) is 0 Å². The van der Waals surface area contributed by atoms with E-state index in [1.165, 1.54) is 0 Å². The second kappa shape index (κ2) is 8.92. The minimum Gasteiger partial charge on any atom is -0.496 e. The molecule has 0 saturated carbocycles. The Morgan fingerprint density at radius 3 is 2.50 bits per heavy atom. The van der Waals surface area contributed by atoms with Gasteiger partial charge < -0.3 is 9.84 Å². The first-order valence-electron chi connectivity index (χ1n) is 11.1. The minimum atomic E-state index is -0.789. The van der Waals surface area contributed by atoms with E-state index in [0.29, 0.717) is 17.5 Å². The maximum Gasteiger partial charge on any atom is 0.402 e. The van der Waals surface area contributed by atoms with Gasteiger partial charge in [-0.1, -0.05) is 26.6 Å². The first-order chi connectivity index (χ1) is 16.0. The number of nitrogens with zero attached hydrogens (tertiary/aromatic N) is 2. The summed E-state index contributed by atoms with van der Waals surface area (Å²) in [5.74, 6) is 2.13. The van der Waals surface area contributed by atoms with E-state index in [1.807, 2.05) is 57.5 Å². The molecule has 1 aliphatic carbocycles. The van der Waals surface area contributed by atoms with E-state index in [4.69, 9.17) is 14.8 Å². The van der Waals surface area contributed by atoms with Crippen LogP contribution in [0.1, 0.15) is 56.5 Å². The number of pyridine rings is 1. The quantitative estimate of drug-likeness (QED) is 0.264. The fourth-order valence-electron chi connectivity index (χ4n) is 4.78. The number of carboxylic acid groups (broad SMARTS) is 1. The number of aromatic nitrogens is 3. The number of rotatable bonds is 8. The van der Waals surface area contributed by atoms with Gasteiger partial charge >= 0.3 is 11.9 Å². The van der Waals surface area contributed by atoms with Gasteiger partial charge in [-0.15, -0.1) is 0 Å². The zero-order chi connectivity index (χ0) is 24.8. The number of H-pyrrole nitrogens is 1. The van der Waals surface area contributed by atoms with Gasteiger partial charge in [0.15, 0.2) is 11.3 Å². The Balaban J connectivity index is 1.74. The number of Topliss-reactive ketones (excluding diaryl/α,β-unsaturated/α-hetero) is 1. The van der Waals surface area contributed by atoms with Crippen LogP contribution in [0.3, 0.4) is 0 Å². The standard InChI is InChI=1S/C25H29N3O4S2/c1-14-19(13-34-33-10-8-21(29)30)28(9-7-20(14)32-6)23-26-17-11-15-16(12-18(17)27-23)25(4,5)22(31)24(15,2)3/h7,9,11-12H,8,10,13H2,1-6H3,(H-,26,27,29,30)/p+1. The van der Waals surface area contributed by atoms with E-state index in [9.17, 15) is 9.59 Å². The molecule has 2 heterocycles. The highest BCUT2D eigenvalue weighted by Gasteiger charge is 2.50. The number of ether oxygens (including phenoxy) is 1. The third-order valence-corrected chi connectivity index (χ3v) is 8.97. The van der Waals surface area contributed by atoms with Crippen LogP contribution in [0, 0.1) is 6.92 Å². The van der Waals surface area contributed by atoms with E-state index in [0.717, 1.165) is 39.2 Å². The molecule has 1 aliphatic rings. The molecule has 0 unspecified atom stereocenters. The van der Waals surface area contributed by atoms with E-state index < -0.39 is 16.8 Å². The number of hydrogen-bond acceptors (Lipinski definition) is 6. The maximum absolute atomic E-state index is 13.0. The SMILES string of the molecule is COc1cc[n+](-c2nc3cc4c(cc3[nH]2)C(C)(C)C(=O)C4(C)C)c(CSSCCC(=O)O)c1C. The summed E-state index contributed by atoms with van der Waals surface area (Å²) >= 11 is 0. The fourth-order valence-corrected chi connectivity index (χ4v) is 6.90. The lowest BCUT2D eigenvalue weighted by Gasteiger charge is -2.21. The summed E-state index contributed by atoms with van der Waals surface area (Å²) in [5.41, 5.74) is 4.73. The summed E-state index contributed by atoms with van der Waals surface area (Å²) in [5, 5.41) is 8.87. The van der Waals surface area contributed by atoms with Crippen molar-refractivity contribution in [3.8, 4) is 11.7 Å². The van der Waals surface area contributed by atoms with E-state index >= 15 is 0 Å². The van der Waals surface area contributed by atoms with Crippen molar-refractivity contribution >= 4 is 44.4 Å². The smallest absolute Gasteiger partial charge is 0.402 e. The van der Waals surface area contributed by atoms with Crippen molar-refractivity contribution in [2.45, 2.75) is 57.6 Å². The average molecular weight is 501 g/mol. The molecule has 7 nitrogen and oxygen atoms in total. The molecule has 180 valence electrons. The Morgan fingerprint density at radius 2 is 1.85 bits per heavy atom. The Morgan fingerprint density at radius 1 is 1.18 bits per heavy atom. The molecule has 0 fully saturated rings. The number of carbonyl (C=O) groups is 2. The molecular weight excluding hydrogens is 470 g/mol. The predicted octanol–water partition coefficient (Wildman–Crippen LogP) is 4.65. The van der Waals surface area contributed by atoms with Crippen LogP contribution in [0.5, 0.6) is 5.75 Å². The van der Waals surface area contributed by atoms with Gasteiger partial charge in [0.1, 0.15) is 17.0 Å². The van der Waals surface area contributed by atoms with Crippen LogP contribution in [-0.4, -0.2) is 39.7 Å². The van der Waals surface area contributed by atoms with Crippen LogP contribution in [-0.2, 0) is 26.2 Å². The van der Waals surface area contributed by atoms with Gasteiger partial charge in [0, 0.05) is 28.2 Å². The molecule has 0 radical (unpaired) electrons. The first kappa shape index (κ1) is 24.6. The largest absolute Gasteiger partial charge is 0.496 e. The number of imidazole rings is 1. The second-order valence-electron chi connectivity index (χ2n) is 9.61. The van der Waals surface area contributed by atoms with Crippen LogP contribution in [0.4, 0.5) is 0 Å². The maximum atomic E-state index is 13.0. The lowest BCUT2D eigenvalue weighted by atomic mass is 9.80. The van der Waals surface area contributed by atoms with Gasteiger partial charge in [-0.3, -0.25) is 9.59 Å². The molecule has 0 saturated heterocycles. The van der Waals surface area contributed by atoms with Crippen molar-refractivity contribution < 1.29 is 24.0 Å². The molecular formula is C25H30N3O4S2+. The van der Waals surface area contributed by atoms with Crippen molar-refractivity contribution in [2.75, 3.05) is 12.9 Å². The number of methoxy groups -OCH3 is 1. The molecule has 0 amide bonds. The Kier molecular flexibility index (Phi) is 6.46. The summed E-state index contributed by atoms with van der Waals surface area (Å²) in [6.07, 6.45) is 2.07. The Hall–Kier alpha value is -2.52. The van der Waals surface area contributed by atoms with E-state index in [1.54, 1.807) is 28.7 Å². The average Bonchev–Trinajstić information content (AvgIpc) is 3.25. The van der Waals surface area contributed by atoms with Crippen molar-refractivity contribution in [1.82, 2.24) is 9.97 Å². The Bertz CT molecular complexity index is 1240. The highest BCUT2D eigenvalue weighted by molar-refractivity contribution is 8.76. The van der Waals surface area contributed by atoms with Crippen LogP contribution < -0.4 is 9.30 Å². The molecule has 0 spiro atoms. The van der Waals surface area contributed by atoms with Gasteiger partial charge in [-0.2, -0.15) is 0 Å². The van der Waals surface area contributed by atoms with Crippen molar-refractivity contribution in [3.63, 3.8) is 0 Å². The van der Waals surface area contributed by atoms with Crippen LogP contribution in [0.25, 0.3) is 17.0 Å². The molecule has 34 heavy (non-hydrogen) atoms. The zero-order valence-corrected chi connectivity index (χ0v) is 21.9. The molecule has 0 atom stereocenters. The predicted molar refractivity (Wildman–Crippen MR) is 136 cm³/mol. The molecule has 2 N–H and O–H groups in total. The molecule has 2 aromatic heterocycles. The number of carbonyl (C=O) groups excluding carboxylic acids is 1. The molecule has 4 rings (SSSR count). The number of aliphatic carboxylic acids is 1. The zero-order valence-electron chi connectivity index (χ0n) is 20.3. The van der Waals surface area contributed by atoms with E-state index in [2.05, 4.69) is 11.1 Å². The van der Waals surface area contributed by atoms with Crippen molar-refractivity contribution in [3.05, 3.63) is 46.8 Å². The van der Waals surface area contributed by atoms with Crippen LogP contribution in [0.15, 0.2) is 24.4 Å². The second-order valence-corrected chi connectivity index (χ2v) is 12.2. The third kappa shape index (κ3) is 4.09. The molecule has 0 aliphatic heterocycles. The summed E-state index contributed by atoms with van der Waals surface area (Å²) in [7, 11) is 4.80. The highest BCUT2D eigenvalue weighted by Crippen LogP contribution is 2.47. The lowest BCUT2D eigenvalue weighted by molar-refractivity contribution is -0.610. The number of nitrogens with one attached hydrogen (secondary N) is 1. The van der Waals surface area contributed by atoms with Crippen molar-refractivity contribution in [1.29, 1.82) is 0 Å². The fraction of sp³-hybridized carbons (Fsp3) is 0.440. The first-order valence-corrected chi connectivity index (χ1v) is 13.6. The molecule has 3 aromatic rings. The molecule has 0 bridgehead atoms.